The maximum Gasteiger partial charge on any atom is 0.187 e. The van der Waals surface area contributed by atoms with Crippen LogP contribution >= 0.6 is 0 Å². The van der Waals surface area contributed by atoms with Gasteiger partial charge in [0.25, 0.3) is 0 Å². The number of aromatic hydroxyl groups is 1. The Morgan fingerprint density at radius 2 is 1.35 bits per heavy atom. The van der Waals surface area contributed by atoms with Crippen LogP contribution in [0.25, 0.3) is 0 Å². The van der Waals surface area contributed by atoms with Gasteiger partial charge in [-0.1, -0.05) is 32.1 Å². The van der Waals surface area contributed by atoms with E-state index in [2.05, 4.69) is 0 Å². The molecule has 1 aromatic rings. The van der Waals surface area contributed by atoms with Crippen molar-refractivity contribution in [2.75, 3.05) is 0 Å². The monoisotopic (exact) mass is 240 g/mol. The fraction of sp³-hybridized carbons (Fsp3) is 0.571. The maximum atomic E-state index is 13.3. The fourth-order valence-corrected chi connectivity index (χ4v) is 2.61. The molecule has 1 saturated carbocycles. The van der Waals surface area contributed by atoms with Gasteiger partial charge in [0.15, 0.2) is 17.4 Å². The van der Waals surface area contributed by atoms with Crippen molar-refractivity contribution in [3.8, 4) is 5.75 Å². The van der Waals surface area contributed by atoms with Gasteiger partial charge in [-0.05, 0) is 36.5 Å². The number of benzene rings is 1. The Bertz CT molecular complexity index is 359. The van der Waals surface area contributed by atoms with Crippen LogP contribution in [-0.4, -0.2) is 5.11 Å². The molecule has 17 heavy (non-hydrogen) atoms. The highest BCUT2D eigenvalue weighted by atomic mass is 19.1. The van der Waals surface area contributed by atoms with Crippen LogP contribution in [0.3, 0.4) is 0 Å². The van der Waals surface area contributed by atoms with E-state index in [0.29, 0.717) is 5.56 Å². The highest BCUT2D eigenvalue weighted by Crippen LogP contribution is 2.33. The summed E-state index contributed by atoms with van der Waals surface area (Å²) in [7, 11) is 0. The van der Waals surface area contributed by atoms with Crippen molar-refractivity contribution < 1.29 is 13.9 Å². The van der Waals surface area contributed by atoms with E-state index in [1.807, 2.05) is 0 Å². The van der Waals surface area contributed by atoms with Gasteiger partial charge >= 0.3 is 0 Å². The lowest BCUT2D eigenvalue weighted by molar-refractivity contribution is 0.391. The Kier molecular flexibility index (Phi) is 3.97. The Balaban J connectivity index is 2.19. The van der Waals surface area contributed by atoms with E-state index in [4.69, 9.17) is 5.11 Å². The normalized spacial score (nSPS) is 18.7. The van der Waals surface area contributed by atoms with E-state index in [1.54, 1.807) is 0 Å². The first-order valence-electron chi connectivity index (χ1n) is 6.36. The van der Waals surface area contributed by atoms with Crippen molar-refractivity contribution >= 4 is 0 Å². The van der Waals surface area contributed by atoms with Gasteiger partial charge in [0.2, 0.25) is 0 Å². The molecule has 1 aliphatic carbocycles. The minimum atomic E-state index is -0.861. The van der Waals surface area contributed by atoms with Gasteiger partial charge in [0.05, 0.1) is 0 Å². The van der Waals surface area contributed by atoms with E-state index < -0.39 is 17.4 Å². The highest BCUT2D eigenvalue weighted by molar-refractivity contribution is 5.32. The minimum absolute atomic E-state index is 0.236. The van der Waals surface area contributed by atoms with Crippen LogP contribution in [-0.2, 0) is 0 Å². The predicted octanol–water partition coefficient (Wildman–Crippen LogP) is 4.50. The summed E-state index contributed by atoms with van der Waals surface area (Å²) < 4.78 is 26.6. The van der Waals surface area contributed by atoms with Gasteiger partial charge in [0.1, 0.15) is 0 Å². The van der Waals surface area contributed by atoms with Crippen molar-refractivity contribution in [3.63, 3.8) is 0 Å². The Labute approximate surface area is 100 Å². The molecule has 0 spiro atoms. The summed E-state index contributed by atoms with van der Waals surface area (Å²) in [6, 6.07) is 2.56. The largest absolute Gasteiger partial charge is 0.503 e. The molecule has 1 fully saturated rings. The molecule has 1 aliphatic rings. The first-order chi connectivity index (χ1) is 8.18. The summed E-state index contributed by atoms with van der Waals surface area (Å²) >= 11 is 0. The number of halogens is 2. The second kappa shape index (κ2) is 5.48. The predicted molar refractivity (Wildman–Crippen MR) is 63.1 cm³/mol. The van der Waals surface area contributed by atoms with Crippen molar-refractivity contribution in [2.24, 2.45) is 0 Å². The Hall–Kier alpha value is -1.12. The van der Waals surface area contributed by atoms with E-state index in [1.165, 1.54) is 31.4 Å². The molecule has 2 rings (SSSR count). The second-order valence-electron chi connectivity index (χ2n) is 4.88. The summed E-state index contributed by atoms with van der Waals surface area (Å²) in [4.78, 5) is 0. The van der Waals surface area contributed by atoms with Crippen LogP contribution in [0, 0.1) is 11.6 Å². The SMILES string of the molecule is Oc1c(F)cc(C2CCCCCCC2)cc1F. The lowest BCUT2D eigenvalue weighted by atomic mass is 9.86. The maximum absolute atomic E-state index is 13.3. The van der Waals surface area contributed by atoms with Gasteiger partial charge in [-0.15, -0.1) is 0 Å². The first-order valence-corrected chi connectivity index (χ1v) is 6.36. The zero-order chi connectivity index (χ0) is 12.3. The van der Waals surface area contributed by atoms with Gasteiger partial charge in [-0.2, -0.15) is 0 Å². The summed E-state index contributed by atoms with van der Waals surface area (Å²) in [5, 5.41) is 9.08. The van der Waals surface area contributed by atoms with Crippen molar-refractivity contribution in [3.05, 3.63) is 29.3 Å². The third-order valence-corrected chi connectivity index (χ3v) is 3.62. The van der Waals surface area contributed by atoms with Crippen LogP contribution in [0.15, 0.2) is 12.1 Å². The molecule has 0 heterocycles. The summed E-state index contributed by atoms with van der Waals surface area (Å²) in [6.45, 7) is 0. The van der Waals surface area contributed by atoms with Gasteiger partial charge in [0, 0.05) is 0 Å². The van der Waals surface area contributed by atoms with Crippen molar-refractivity contribution in [2.45, 2.75) is 50.9 Å². The summed E-state index contributed by atoms with van der Waals surface area (Å²) in [5.74, 6) is -2.32. The molecule has 0 bridgehead atoms. The third-order valence-electron chi connectivity index (χ3n) is 3.62. The molecule has 0 aromatic heterocycles. The van der Waals surface area contributed by atoms with Crippen molar-refractivity contribution in [1.82, 2.24) is 0 Å². The van der Waals surface area contributed by atoms with Gasteiger partial charge in [-0.25, -0.2) is 8.78 Å². The second-order valence-corrected chi connectivity index (χ2v) is 4.88. The first kappa shape index (κ1) is 12.3. The molecule has 94 valence electrons. The molecule has 1 N–H and O–H groups in total. The molecular weight excluding hydrogens is 222 g/mol. The van der Waals surface area contributed by atoms with E-state index in [9.17, 15) is 8.78 Å². The van der Waals surface area contributed by atoms with Crippen molar-refractivity contribution in [1.29, 1.82) is 0 Å². The number of phenolic OH excluding ortho intramolecular Hbond substituents is 1. The Morgan fingerprint density at radius 3 is 1.88 bits per heavy atom. The lowest BCUT2D eigenvalue weighted by Crippen LogP contribution is -2.03. The molecule has 0 aliphatic heterocycles. The number of hydrogen-bond donors (Lipinski definition) is 1. The quantitative estimate of drug-likeness (QED) is 0.766. The zero-order valence-corrected chi connectivity index (χ0v) is 9.88. The molecule has 0 unspecified atom stereocenters. The smallest absolute Gasteiger partial charge is 0.187 e. The van der Waals surface area contributed by atoms with Crippen LogP contribution in [0.1, 0.15) is 56.4 Å². The summed E-state index contributed by atoms with van der Waals surface area (Å²) in [5.41, 5.74) is 0.694. The van der Waals surface area contributed by atoms with Crippen LogP contribution in [0.4, 0.5) is 8.78 Å². The van der Waals surface area contributed by atoms with Crippen LogP contribution in [0.5, 0.6) is 5.75 Å². The average Bonchev–Trinajstić information content (AvgIpc) is 2.25. The molecule has 0 amide bonds. The van der Waals surface area contributed by atoms with Gasteiger partial charge < -0.3 is 5.11 Å². The van der Waals surface area contributed by atoms with Crippen LogP contribution in [0.2, 0.25) is 0 Å². The number of rotatable bonds is 1. The molecule has 0 saturated heterocycles. The summed E-state index contributed by atoms with van der Waals surface area (Å²) in [6.07, 6.45) is 7.90. The number of hydrogen-bond acceptors (Lipinski definition) is 1. The molecule has 0 atom stereocenters. The van der Waals surface area contributed by atoms with Crippen LogP contribution < -0.4 is 0 Å². The number of phenols is 1. The van der Waals surface area contributed by atoms with Gasteiger partial charge in [-0.3, -0.25) is 0 Å². The molecule has 1 aromatic carbocycles. The Morgan fingerprint density at radius 1 is 0.882 bits per heavy atom. The molecule has 0 radical (unpaired) electrons. The topological polar surface area (TPSA) is 20.2 Å². The third kappa shape index (κ3) is 2.96. The zero-order valence-electron chi connectivity index (χ0n) is 9.88. The van der Waals surface area contributed by atoms with E-state index >= 15 is 0 Å². The molecule has 1 nitrogen and oxygen atoms in total. The lowest BCUT2D eigenvalue weighted by Gasteiger charge is -2.20. The molecular formula is C14H18F2O. The highest BCUT2D eigenvalue weighted by Gasteiger charge is 2.17. The average molecular weight is 240 g/mol. The minimum Gasteiger partial charge on any atom is -0.503 e. The fourth-order valence-electron chi connectivity index (χ4n) is 2.61. The standard InChI is InChI=1S/C14H18F2O/c15-12-8-11(9-13(16)14(12)17)10-6-4-2-1-3-5-7-10/h8-10,17H,1-7H2. The van der Waals surface area contributed by atoms with E-state index in [0.717, 1.165) is 25.7 Å². The molecule has 3 heteroatoms. The van der Waals surface area contributed by atoms with E-state index in [-0.39, 0.29) is 5.92 Å².